The van der Waals surface area contributed by atoms with Crippen LogP contribution in [0.15, 0.2) is 17.8 Å². The minimum Gasteiger partial charge on any atom is -0.392 e. The van der Waals surface area contributed by atoms with E-state index in [-0.39, 0.29) is 18.1 Å². The fourth-order valence-corrected chi connectivity index (χ4v) is 2.09. The van der Waals surface area contributed by atoms with Crippen molar-refractivity contribution < 1.29 is 14.0 Å². The van der Waals surface area contributed by atoms with Gasteiger partial charge in [-0.15, -0.1) is 6.58 Å². The molecular weight excluding hydrogens is 185 g/mol. The fourth-order valence-electron chi connectivity index (χ4n) is 2.09. The van der Waals surface area contributed by atoms with Crippen LogP contribution in [0.1, 0.15) is 12.8 Å². The van der Waals surface area contributed by atoms with Crippen molar-refractivity contribution in [2.24, 2.45) is 11.1 Å². The Labute approximate surface area is 82.6 Å². The quantitative estimate of drug-likeness (QED) is 0.647. The van der Waals surface area contributed by atoms with Gasteiger partial charge in [-0.25, -0.2) is 4.39 Å². The lowest BCUT2D eigenvalue weighted by molar-refractivity contribution is -0.0765. The third-order valence-electron chi connectivity index (χ3n) is 2.76. The van der Waals surface area contributed by atoms with Gasteiger partial charge < -0.3 is 9.57 Å². The van der Waals surface area contributed by atoms with Crippen molar-refractivity contribution in [1.29, 1.82) is 0 Å². The Balaban J connectivity index is 2.10. The summed E-state index contributed by atoms with van der Waals surface area (Å²) in [5.74, 6) is -0.00764. The summed E-state index contributed by atoms with van der Waals surface area (Å²) in [5, 5.41) is 3.76. The van der Waals surface area contributed by atoms with Gasteiger partial charge in [0.15, 0.2) is 0 Å². The molecule has 3 atom stereocenters. The Morgan fingerprint density at radius 3 is 3.21 bits per heavy atom. The molecule has 0 unspecified atom stereocenters. The lowest BCUT2D eigenvalue weighted by Gasteiger charge is -2.31. The number of oxime groups is 1. The minimum atomic E-state index is -0.543. The van der Waals surface area contributed by atoms with E-state index in [2.05, 4.69) is 11.7 Å². The molecule has 0 N–H and O–H groups in total. The number of hydrogen-bond acceptors (Lipinski definition) is 3. The first-order valence-electron chi connectivity index (χ1n) is 4.88. The van der Waals surface area contributed by atoms with Crippen molar-refractivity contribution in [3.05, 3.63) is 12.7 Å². The average Bonchev–Trinajstić information content (AvgIpc) is 2.62. The Hall–Kier alpha value is -0.900. The van der Waals surface area contributed by atoms with Crippen LogP contribution in [0.25, 0.3) is 0 Å². The number of fused-ring (bicyclic) bond motifs is 1. The van der Waals surface area contributed by atoms with Crippen LogP contribution in [-0.2, 0) is 9.57 Å². The molecule has 78 valence electrons. The maximum absolute atomic E-state index is 12.6. The van der Waals surface area contributed by atoms with Gasteiger partial charge in [-0.3, -0.25) is 0 Å². The predicted molar refractivity (Wildman–Crippen MR) is 50.9 cm³/mol. The van der Waals surface area contributed by atoms with Crippen LogP contribution in [0.4, 0.5) is 4.39 Å². The first kappa shape index (κ1) is 9.65. The van der Waals surface area contributed by atoms with E-state index in [1.165, 1.54) is 0 Å². The highest BCUT2D eigenvalue weighted by molar-refractivity contribution is 5.89. The SMILES string of the molecule is C=CC[C@@H]1OCC[C@H]2ON=C(CF)[C@@H]12. The van der Waals surface area contributed by atoms with Gasteiger partial charge >= 0.3 is 0 Å². The van der Waals surface area contributed by atoms with Crippen molar-refractivity contribution in [2.75, 3.05) is 13.3 Å². The highest BCUT2D eigenvalue weighted by Crippen LogP contribution is 2.32. The van der Waals surface area contributed by atoms with Crippen LogP contribution < -0.4 is 0 Å². The molecular formula is C10H14FNO2. The smallest absolute Gasteiger partial charge is 0.140 e. The normalized spacial score (nSPS) is 35.8. The van der Waals surface area contributed by atoms with E-state index >= 15 is 0 Å². The topological polar surface area (TPSA) is 30.8 Å². The summed E-state index contributed by atoms with van der Waals surface area (Å²) in [7, 11) is 0. The van der Waals surface area contributed by atoms with E-state index in [1.54, 1.807) is 6.08 Å². The van der Waals surface area contributed by atoms with E-state index in [1.807, 2.05) is 0 Å². The first-order chi connectivity index (χ1) is 6.86. The molecule has 3 nitrogen and oxygen atoms in total. The summed E-state index contributed by atoms with van der Waals surface area (Å²) < 4.78 is 18.2. The molecule has 0 amide bonds. The molecule has 2 heterocycles. The zero-order chi connectivity index (χ0) is 9.97. The van der Waals surface area contributed by atoms with E-state index in [0.29, 0.717) is 12.3 Å². The predicted octanol–water partition coefficient (Wildman–Crippen LogP) is 1.69. The van der Waals surface area contributed by atoms with Crippen LogP contribution >= 0.6 is 0 Å². The third kappa shape index (κ3) is 1.54. The first-order valence-corrected chi connectivity index (χ1v) is 4.88. The Bertz CT molecular complexity index is 255. The summed E-state index contributed by atoms with van der Waals surface area (Å²) in [6.07, 6.45) is 3.32. The number of halogens is 1. The molecule has 2 aliphatic heterocycles. The lowest BCUT2D eigenvalue weighted by Crippen LogP contribution is -2.42. The van der Waals surface area contributed by atoms with E-state index in [9.17, 15) is 4.39 Å². The van der Waals surface area contributed by atoms with Gasteiger partial charge in [0.25, 0.3) is 0 Å². The van der Waals surface area contributed by atoms with Crippen molar-refractivity contribution >= 4 is 5.71 Å². The molecule has 0 saturated carbocycles. The van der Waals surface area contributed by atoms with E-state index < -0.39 is 6.67 Å². The van der Waals surface area contributed by atoms with Crippen LogP contribution in [-0.4, -0.2) is 31.2 Å². The summed E-state index contributed by atoms with van der Waals surface area (Å²) in [6.45, 7) is 3.78. The van der Waals surface area contributed by atoms with Crippen LogP contribution in [0.2, 0.25) is 0 Å². The summed E-state index contributed by atoms with van der Waals surface area (Å²) in [5.41, 5.74) is 0.488. The molecule has 0 spiro atoms. The molecule has 1 saturated heterocycles. The number of alkyl halides is 1. The number of rotatable bonds is 3. The average molecular weight is 199 g/mol. The molecule has 2 rings (SSSR count). The molecule has 2 aliphatic rings. The molecule has 0 aromatic rings. The van der Waals surface area contributed by atoms with Gasteiger partial charge in [0.05, 0.1) is 24.3 Å². The van der Waals surface area contributed by atoms with Gasteiger partial charge in [0, 0.05) is 6.42 Å². The molecule has 14 heavy (non-hydrogen) atoms. The van der Waals surface area contributed by atoms with Crippen molar-refractivity contribution in [2.45, 2.75) is 25.0 Å². The molecule has 0 bridgehead atoms. The molecule has 0 aliphatic carbocycles. The maximum atomic E-state index is 12.6. The highest BCUT2D eigenvalue weighted by atomic mass is 19.1. The second kappa shape index (κ2) is 4.09. The Kier molecular flexibility index (Phi) is 2.82. The zero-order valence-corrected chi connectivity index (χ0v) is 7.99. The highest BCUT2D eigenvalue weighted by Gasteiger charge is 2.42. The van der Waals surface area contributed by atoms with Crippen LogP contribution in [0, 0.1) is 5.92 Å². The van der Waals surface area contributed by atoms with Crippen molar-refractivity contribution in [3.63, 3.8) is 0 Å². The standard InChI is InChI=1S/C10H14FNO2/c1-2-3-8-10-7(6-11)12-14-9(10)4-5-13-8/h2,8-10H,1,3-6H2/t8-,9+,10-/m0/s1. The lowest BCUT2D eigenvalue weighted by atomic mass is 9.86. The molecule has 0 aromatic carbocycles. The second-order valence-electron chi connectivity index (χ2n) is 3.61. The fraction of sp³-hybridized carbons (Fsp3) is 0.700. The van der Waals surface area contributed by atoms with E-state index in [4.69, 9.17) is 9.57 Å². The van der Waals surface area contributed by atoms with E-state index in [0.717, 1.165) is 12.8 Å². The molecule has 0 radical (unpaired) electrons. The Morgan fingerprint density at radius 1 is 1.64 bits per heavy atom. The van der Waals surface area contributed by atoms with Gasteiger partial charge in [-0.05, 0) is 6.42 Å². The summed E-state index contributed by atoms with van der Waals surface area (Å²) >= 11 is 0. The number of nitrogens with zero attached hydrogens (tertiary/aromatic N) is 1. The van der Waals surface area contributed by atoms with Gasteiger partial charge in [0.1, 0.15) is 12.8 Å². The zero-order valence-electron chi connectivity index (χ0n) is 7.99. The molecule has 1 fully saturated rings. The number of ether oxygens (including phenoxy) is 1. The maximum Gasteiger partial charge on any atom is 0.140 e. The van der Waals surface area contributed by atoms with Crippen molar-refractivity contribution in [3.8, 4) is 0 Å². The number of hydrogen-bond donors (Lipinski definition) is 0. The third-order valence-corrected chi connectivity index (χ3v) is 2.76. The van der Waals surface area contributed by atoms with Crippen LogP contribution in [0.5, 0.6) is 0 Å². The summed E-state index contributed by atoms with van der Waals surface area (Å²) in [4.78, 5) is 5.17. The molecule has 4 heteroatoms. The molecule has 0 aromatic heterocycles. The van der Waals surface area contributed by atoms with Gasteiger partial charge in [0.2, 0.25) is 0 Å². The largest absolute Gasteiger partial charge is 0.392 e. The summed E-state index contributed by atoms with van der Waals surface area (Å²) in [6, 6.07) is 0. The van der Waals surface area contributed by atoms with Gasteiger partial charge in [-0.2, -0.15) is 0 Å². The van der Waals surface area contributed by atoms with Crippen LogP contribution in [0.3, 0.4) is 0 Å². The Morgan fingerprint density at radius 2 is 2.50 bits per heavy atom. The van der Waals surface area contributed by atoms with Crippen molar-refractivity contribution in [1.82, 2.24) is 0 Å². The van der Waals surface area contributed by atoms with Gasteiger partial charge in [-0.1, -0.05) is 11.2 Å². The second-order valence-corrected chi connectivity index (χ2v) is 3.61. The minimum absolute atomic E-state index is 0.00764. The monoisotopic (exact) mass is 199 g/mol.